The van der Waals surface area contributed by atoms with E-state index in [-0.39, 0.29) is 17.7 Å². The highest BCUT2D eigenvalue weighted by Crippen LogP contribution is 2.38. The van der Waals surface area contributed by atoms with E-state index in [1.807, 2.05) is 17.0 Å². The number of anilines is 1. The number of benzene rings is 2. The number of nitrogens with one attached hydrogen (secondary N) is 1. The maximum atomic E-state index is 12.6. The van der Waals surface area contributed by atoms with Crippen LogP contribution in [0.4, 0.5) is 5.69 Å². The van der Waals surface area contributed by atoms with Gasteiger partial charge in [-0.15, -0.1) is 0 Å². The lowest BCUT2D eigenvalue weighted by Crippen LogP contribution is -2.31. The van der Waals surface area contributed by atoms with Crippen LogP contribution in [0.3, 0.4) is 0 Å². The van der Waals surface area contributed by atoms with Crippen molar-refractivity contribution in [1.82, 2.24) is 4.90 Å². The van der Waals surface area contributed by atoms with Gasteiger partial charge in [0.25, 0.3) is 0 Å². The number of carbonyl (C=O) groups is 2. The first-order valence-corrected chi connectivity index (χ1v) is 9.31. The van der Waals surface area contributed by atoms with E-state index in [0.717, 1.165) is 18.7 Å². The molecule has 2 aliphatic rings. The van der Waals surface area contributed by atoms with E-state index in [0.29, 0.717) is 18.9 Å². The topological polar surface area (TPSA) is 49.4 Å². The second-order valence-corrected chi connectivity index (χ2v) is 7.79. The number of amides is 2. The molecule has 0 spiro atoms. The highest BCUT2D eigenvalue weighted by Gasteiger charge is 2.34. The fraction of sp³-hybridized carbons (Fsp3) is 0.364. The van der Waals surface area contributed by atoms with Crippen molar-refractivity contribution in [2.75, 3.05) is 18.4 Å². The molecule has 1 N–H and O–H groups in total. The summed E-state index contributed by atoms with van der Waals surface area (Å²) in [6, 6.07) is 14.5. The smallest absolute Gasteiger partial charge is 0.229 e. The van der Waals surface area contributed by atoms with Gasteiger partial charge in [-0.05, 0) is 46.7 Å². The Hall–Kier alpha value is -2.62. The Balaban J connectivity index is 1.48. The lowest BCUT2D eigenvalue weighted by atomic mass is 10.0. The molecule has 0 aromatic heterocycles. The summed E-state index contributed by atoms with van der Waals surface area (Å²) >= 11 is 0. The number of carbonyl (C=O) groups excluding carboxylic acids is 2. The predicted molar refractivity (Wildman–Crippen MR) is 103 cm³/mol. The van der Waals surface area contributed by atoms with Crippen molar-refractivity contribution in [3.8, 4) is 11.1 Å². The molecule has 0 bridgehead atoms. The van der Waals surface area contributed by atoms with Gasteiger partial charge in [-0.2, -0.15) is 0 Å². The summed E-state index contributed by atoms with van der Waals surface area (Å²) in [6.07, 6.45) is 1.26. The first-order valence-electron chi connectivity index (χ1n) is 9.31. The van der Waals surface area contributed by atoms with Gasteiger partial charge in [-0.1, -0.05) is 44.2 Å². The lowest BCUT2D eigenvalue weighted by molar-refractivity contribution is -0.128. The summed E-state index contributed by atoms with van der Waals surface area (Å²) < 4.78 is 0. The molecule has 134 valence electrons. The van der Waals surface area contributed by atoms with Crippen LogP contribution in [0.2, 0.25) is 0 Å². The third-order valence-electron chi connectivity index (χ3n) is 5.24. The normalized spacial score (nSPS) is 18.2. The van der Waals surface area contributed by atoms with E-state index in [9.17, 15) is 9.59 Å². The quantitative estimate of drug-likeness (QED) is 0.781. The van der Waals surface area contributed by atoms with Crippen molar-refractivity contribution in [2.45, 2.75) is 26.7 Å². The van der Waals surface area contributed by atoms with Gasteiger partial charge in [-0.25, -0.2) is 0 Å². The zero-order valence-electron chi connectivity index (χ0n) is 15.3. The molecular weight excluding hydrogens is 324 g/mol. The zero-order valence-corrected chi connectivity index (χ0v) is 15.3. The van der Waals surface area contributed by atoms with E-state index in [2.05, 4.69) is 49.5 Å². The monoisotopic (exact) mass is 348 g/mol. The maximum absolute atomic E-state index is 12.6. The fourth-order valence-corrected chi connectivity index (χ4v) is 4.01. The lowest BCUT2D eigenvalue weighted by Gasteiger charge is -2.18. The Morgan fingerprint density at radius 2 is 1.92 bits per heavy atom. The molecule has 26 heavy (non-hydrogen) atoms. The highest BCUT2D eigenvalue weighted by atomic mass is 16.2. The van der Waals surface area contributed by atoms with Crippen LogP contribution in [0.25, 0.3) is 11.1 Å². The van der Waals surface area contributed by atoms with Gasteiger partial charge in [-0.3, -0.25) is 9.59 Å². The van der Waals surface area contributed by atoms with Crippen LogP contribution >= 0.6 is 0 Å². The minimum Gasteiger partial charge on any atom is -0.342 e. The summed E-state index contributed by atoms with van der Waals surface area (Å²) in [5, 5.41) is 3.02. The summed E-state index contributed by atoms with van der Waals surface area (Å²) in [5.74, 6) is 0.178. The van der Waals surface area contributed by atoms with Gasteiger partial charge in [0.15, 0.2) is 0 Å². The maximum Gasteiger partial charge on any atom is 0.229 e. The van der Waals surface area contributed by atoms with Crippen molar-refractivity contribution in [2.24, 2.45) is 11.8 Å². The molecule has 2 amide bonds. The Morgan fingerprint density at radius 1 is 1.15 bits per heavy atom. The zero-order chi connectivity index (χ0) is 18.3. The molecule has 1 atom stereocenters. The molecule has 1 saturated heterocycles. The third-order valence-corrected chi connectivity index (χ3v) is 5.24. The number of hydrogen-bond acceptors (Lipinski definition) is 2. The first-order chi connectivity index (χ1) is 12.5. The predicted octanol–water partition coefficient (Wildman–Crippen LogP) is 3.70. The van der Waals surface area contributed by atoms with Gasteiger partial charge < -0.3 is 10.2 Å². The molecule has 1 aliphatic carbocycles. The van der Waals surface area contributed by atoms with Crippen molar-refractivity contribution in [3.63, 3.8) is 0 Å². The van der Waals surface area contributed by atoms with Crippen LogP contribution < -0.4 is 5.32 Å². The van der Waals surface area contributed by atoms with E-state index in [1.54, 1.807) is 0 Å². The molecule has 2 aromatic carbocycles. The van der Waals surface area contributed by atoms with Crippen molar-refractivity contribution >= 4 is 17.5 Å². The van der Waals surface area contributed by atoms with Crippen molar-refractivity contribution in [1.29, 1.82) is 0 Å². The second kappa shape index (κ2) is 6.60. The number of likely N-dealkylation sites (tertiary alicyclic amines) is 1. The van der Waals surface area contributed by atoms with E-state index in [4.69, 9.17) is 0 Å². The largest absolute Gasteiger partial charge is 0.342 e. The molecule has 1 unspecified atom stereocenters. The van der Waals surface area contributed by atoms with Gasteiger partial charge in [0.2, 0.25) is 11.8 Å². The molecule has 4 nitrogen and oxygen atoms in total. The molecule has 1 aliphatic heterocycles. The van der Waals surface area contributed by atoms with E-state index in [1.165, 1.54) is 22.3 Å². The summed E-state index contributed by atoms with van der Waals surface area (Å²) in [6.45, 7) is 5.42. The van der Waals surface area contributed by atoms with Crippen molar-refractivity contribution in [3.05, 3.63) is 53.6 Å². The number of nitrogens with zero attached hydrogens (tertiary/aromatic N) is 1. The third kappa shape index (κ3) is 3.12. The number of hydrogen-bond donors (Lipinski definition) is 1. The van der Waals surface area contributed by atoms with Gasteiger partial charge in [0.05, 0.1) is 5.92 Å². The number of fused-ring (bicyclic) bond motifs is 3. The van der Waals surface area contributed by atoms with Crippen LogP contribution in [-0.4, -0.2) is 29.8 Å². The minimum absolute atomic E-state index is 0.0594. The summed E-state index contributed by atoms with van der Waals surface area (Å²) in [5.41, 5.74) is 5.88. The van der Waals surface area contributed by atoms with Crippen LogP contribution in [0, 0.1) is 11.8 Å². The molecular formula is C22H24N2O2. The van der Waals surface area contributed by atoms with Crippen LogP contribution in [-0.2, 0) is 16.0 Å². The second-order valence-electron chi connectivity index (χ2n) is 7.79. The Labute approximate surface area is 154 Å². The fourth-order valence-electron chi connectivity index (χ4n) is 4.01. The van der Waals surface area contributed by atoms with Crippen LogP contribution in [0.1, 0.15) is 31.4 Å². The van der Waals surface area contributed by atoms with Crippen molar-refractivity contribution < 1.29 is 9.59 Å². The summed E-state index contributed by atoms with van der Waals surface area (Å²) in [7, 11) is 0. The molecule has 4 rings (SSSR count). The first kappa shape index (κ1) is 16.8. The molecule has 1 heterocycles. The average Bonchev–Trinajstić information content (AvgIpc) is 3.15. The Bertz CT molecular complexity index is 872. The van der Waals surface area contributed by atoms with Crippen LogP contribution in [0.5, 0.6) is 0 Å². The molecule has 0 saturated carbocycles. The van der Waals surface area contributed by atoms with Crippen LogP contribution in [0.15, 0.2) is 42.5 Å². The van der Waals surface area contributed by atoms with E-state index >= 15 is 0 Å². The molecule has 1 fully saturated rings. The molecule has 4 heteroatoms. The Kier molecular flexibility index (Phi) is 4.27. The number of rotatable bonds is 4. The van der Waals surface area contributed by atoms with Gasteiger partial charge in [0, 0.05) is 25.2 Å². The molecule has 2 aromatic rings. The van der Waals surface area contributed by atoms with Gasteiger partial charge >= 0.3 is 0 Å². The van der Waals surface area contributed by atoms with Gasteiger partial charge in [0.1, 0.15) is 0 Å². The standard InChI is InChI=1S/C22H24N2O2/c1-14(2)12-24-13-17(10-21(24)25)22(26)23-18-8-7-16-9-15-5-3-4-6-19(15)20(16)11-18/h3-8,11,14,17H,9-10,12-13H2,1-2H3,(H,23,26). The van der Waals surface area contributed by atoms with E-state index < -0.39 is 0 Å². The summed E-state index contributed by atoms with van der Waals surface area (Å²) in [4.78, 5) is 26.6. The Morgan fingerprint density at radius 3 is 2.73 bits per heavy atom. The molecule has 0 radical (unpaired) electrons. The SMILES string of the molecule is CC(C)CN1CC(C(=O)Nc2ccc3c(c2)-c2ccccc2C3)CC1=O. The minimum atomic E-state index is -0.262. The highest BCUT2D eigenvalue weighted by molar-refractivity contribution is 5.98. The average molecular weight is 348 g/mol.